The summed E-state index contributed by atoms with van der Waals surface area (Å²) < 4.78 is 32.9. The first-order chi connectivity index (χ1) is 19.4. The summed E-state index contributed by atoms with van der Waals surface area (Å²) in [4.78, 5) is 59.6. The van der Waals surface area contributed by atoms with Gasteiger partial charge in [-0.1, -0.05) is 0 Å². The van der Waals surface area contributed by atoms with Crippen molar-refractivity contribution in [1.82, 2.24) is 10.6 Å². The van der Waals surface area contributed by atoms with E-state index in [9.17, 15) is 34.2 Å². The maximum atomic E-state index is 12.5. The predicted octanol–water partition coefficient (Wildman–Crippen LogP) is -1.30. The SMILES string of the molecule is CO[C@@H]1[C@H](O)[C@@H](CO)C[C@H]1NC(=O)CCCCO[C@H]1O[C@@H](COC(C)=O)[C@@H](OC(C)=O)[C@@H](OC(C)=O)[C@@H]1NC(C)=O. The third-order valence-corrected chi connectivity index (χ3v) is 6.78. The second-order valence-electron chi connectivity index (χ2n) is 10.1. The van der Waals surface area contributed by atoms with E-state index in [1.165, 1.54) is 21.0 Å². The second kappa shape index (κ2) is 16.6. The lowest BCUT2D eigenvalue weighted by Crippen LogP contribution is -2.66. The molecule has 15 heteroatoms. The first-order valence-corrected chi connectivity index (χ1v) is 13.5. The van der Waals surface area contributed by atoms with Crippen molar-refractivity contribution in [2.45, 2.75) is 102 Å². The Balaban J connectivity index is 2.02. The molecule has 234 valence electrons. The lowest BCUT2D eigenvalue weighted by Gasteiger charge is -2.44. The van der Waals surface area contributed by atoms with E-state index in [4.69, 9.17) is 28.4 Å². The molecule has 15 nitrogen and oxygen atoms in total. The van der Waals surface area contributed by atoms with Crippen LogP contribution in [-0.4, -0.2) is 116 Å². The molecular formula is C26H42N2O13. The molecule has 2 rings (SSSR count). The molecule has 0 aromatic rings. The van der Waals surface area contributed by atoms with Gasteiger partial charge in [0.1, 0.15) is 24.9 Å². The number of hydrogen-bond donors (Lipinski definition) is 4. The summed E-state index contributed by atoms with van der Waals surface area (Å²) in [6.45, 7) is 4.25. The number of carbonyl (C=O) groups is 5. The normalized spacial score (nSPS) is 31.1. The van der Waals surface area contributed by atoms with Crippen molar-refractivity contribution in [3.05, 3.63) is 0 Å². The first-order valence-electron chi connectivity index (χ1n) is 13.5. The van der Waals surface area contributed by atoms with Crippen LogP contribution in [-0.2, 0) is 52.4 Å². The van der Waals surface area contributed by atoms with E-state index in [1.807, 2.05) is 0 Å². The van der Waals surface area contributed by atoms with Gasteiger partial charge in [-0.15, -0.1) is 0 Å². The molecule has 2 fully saturated rings. The van der Waals surface area contributed by atoms with Crippen LogP contribution in [0.4, 0.5) is 0 Å². The summed E-state index contributed by atoms with van der Waals surface area (Å²) in [5, 5.41) is 25.1. The Morgan fingerprint density at radius 1 is 0.902 bits per heavy atom. The van der Waals surface area contributed by atoms with Crippen LogP contribution in [0.25, 0.3) is 0 Å². The minimum atomic E-state index is -1.22. The van der Waals surface area contributed by atoms with Gasteiger partial charge in [0.05, 0.1) is 12.1 Å². The van der Waals surface area contributed by atoms with Crippen molar-refractivity contribution in [1.29, 1.82) is 0 Å². The minimum Gasteiger partial charge on any atom is -0.463 e. The van der Waals surface area contributed by atoms with Gasteiger partial charge in [-0.2, -0.15) is 0 Å². The summed E-state index contributed by atoms with van der Waals surface area (Å²) in [6, 6.07) is -1.50. The summed E-state index contributed by atoms with van der Waals surface area (Å²) in [5.41, 5.74) is 0. The smallest absolute Gasteiger partial charge is 0.303 e. The number of aliphatic hydroxyl groups is 2. The van der Waals surface area contributed by atoms with Crippen molar-refractivity contribution < 1.29 is 62.6 Å². The van der Waals surface area contributed by atoms with Gasteiger partial charge >= 0.3 is 17.9 Å². The fourth-order valence-corrected chi connectivity index (χ4v) is 5.03. The van der Waals surface area contributed by atoms with Crippen LogP contribution >= 0.6 is 0 Å². The number of unbranched alkanes of at least 4 members (excludes halogenated alkanes) is 1. The van der Waals surface area contributed by atoms with Gasteiger partial charge in [0.15, 0.2) is 18.5 Å². The second-order valence-corrected chi connectivity index (χ2v) is 10.1. The molecule has 0 bridgehead atoms. The molecule has 0 aromatic carbocycles. The Bertz CT molecular complexity index is 916. The van der Waals surface area contributed by atoms with E-state index in [1.54, 1.807) is 0 Å². The zero-order valence-electron chi connectivity index (χ0n) is 24.0. The van der Waals surface area contributed by atoms with E-state index in [0.717, 1.165) is 13.8 Å². The number of aliphatic hydroxyl groups excluding tert-OH is 2. The quantitative estimate of drug-likeness (QED) is 0.106. The van der Waals surface area contributed by atoms with Crippen molar-refractivity contribution in [3.8, 4) is 0 Å². The number of carbonyl (C=O) groups excluding carboxylic acids is 5. The molecule has 0 unspecified atom stereocenters. The van der Waals surface area contributed by atoms with Gasteiger partial charge < -0.3 is 49.3 Å². The Morgan fingerprint density at radius 2 is 1.56 bits per heavy atom. The molecule has 2 aliphatic rings. The zero-order valence-corrected chi connectivity index (χ0v) is 24.0. The number of esters is 3. The molecule has 0 spiro atoms. The fraction of sp³-hybridized carbons (Fsp3) is 0.808. The molecule has 1 aliphatic heterocycles. The molecule has 1 aliphatic carbocycles. The Morgan fingerprint density at radius 3 is 2.12 bits per heavy atom. The number of nitrogens with one attached hydrogen (secondary N) is 2. The summed E-state index contributed by atoms with van der Waals surface area (Å²) in [7, 11) is 1.43. The van der Waals surface area contributed by atoms with Crippen LogP contribution in [0.3, 0.4) is 0 Å². The predicted molar refractivity (Wildman–Crippen MR) is 138 cm³/mol. The number of ether oxygens (including phenoxy) is 6. The molecule has 1 heterocycles. The standard InChI is InChI=1S/C26H42N2O13/c1-13(30)27-21-25(40-16(4)33)24(39-15(3)32)19(12-38-14(2)31)41-26(21)37-9-7-6-8-20(34)28-18-10-17(11-29)22(35)23(18)36-5/h17-19,21-26,29,35H,6-12H2,1-5H3,(H,27,30)(H,28,34)/t17-,18-,19+,21+,22-,23+,24-,25+,26+/m1/s1. The molecule has 0 aromatic heterocycles. The van der Waals surface area contributed by atoms with Gasteiger partial charge in [-0.05, 0) is 19.3 Å². The van der Waals surface area contributed by atoms with Crippen molar-refractivity contribution in [3.63, 3.8) is 0 Å². The molecule has 1 saturated heterocycles. The third-order valence-electron chi connectivity index (χ3n) is 6.78. The molecule has 9 atom stereocenters. The number of rotatable bonds is 14. The third kappa shape index (κ3) is 10.5. The topological polar surface area (TPSA) is 205 Å². The highest BCUT2D eigenvalue weighted by Crippen LogP contribution is 2.29. The summed E-state index contributed by atoms with van der Waals surface area (Å²) >= 11 is 0. The van der Waals surface area contributed by atoms with Crippen LogP contribution in [0.15, 0.2) is 0 Å². The van der Waals surface area contributed by atoms with Crippen LogP contribution in [0.1, 0.15) is 53.4 Å². The van der Waals surface area contributed by atoms with Gasteiger partial charge in [-0.25, -0.2) is 0 Å². The molecule has 1 saturated carbocycles. The molecule has 2 amide bonds. The van der Waals surface area contributed by atoms with E-state index in [0.29, 0.717) is 19.3 Å². The van der Waals surface area contributed by atoms with Crippen LogP contribution < -0.4 is 10.6 Å². The lowest BCUT2D eigenvalue weighted by molar-refractivity contribution is -0.277. The van der Waals surface area contributed by atoms with Gasteiger partial charge in [0, 0.05) is 60.4 Å². The van der Waals surface area contributed by atoms with Crippen molar-refractivity contribution in [2.24, 2.45) is 5.92 Å². The van der Waals surface area contributed by atoms with E-state index in [-0.39, 0.29) is 38.1 Å². The van der Waals surface area contributed by atoms with Gasteiger partial charge in [0.25, 0.3) is 0 Å². The maximum Gasteiger partial charge on any atom is 0.303 e. The number of methoxy groups -OCH3 is 1. The van der Waals surface area contributed by atoms with Crippen LogP contribution in [0, 0.1) is 5.92 Å². The van der Waals surface area contributed by atoms with Crippen molar-refractivity contribution in [2.75, 3.05) is 26.9 Å². The van der Waals surface area contributed by atoms with Crippen LogP contribution in [0.5, 0.6) is 0 Å². The first kappa shape index (κ1) is 34.4. The van der Waals surface area contributed by atoms with Gasteiger partial charge in [0.2, 0.25) is 11.8 Å². The Kier molecular flexibility index (Phi) is 13.9. The largest absolute Gasteiger partial charge is 0.463 e. The Labute approximate surface area is 238 Å². The monoisotopic (exact) mass is 590 g/mol. The zero-order chi connectivity index (χ0) is 30.7. The van der Waals surface area contributed by atoms with Crippen LogP contribution in [0.2, 0.25) is 0 Å². The number of amides is 2. The molecule has 0 radical (unpaired) electrons. The molecule has 41 heavy (non-hydrogen) atoms. The van der Waals surface area contributed by atoms with E-state index >= 15 is 0 Å². The fourth-order valence-electron chi connectivity index (χ4n) is 5.03. The maximum absolute atomic E-state index is 12.5. The Hall–Kier alpha value is -2.85. The molecular weight excluding hydrogens is 548 g/mol. The highest BCUT2D eigenvalue weighted by atomic mass is 16.7. The highest BCUT2D eigenvalue weighted by molar-refractivity contribution is 5.76. The molecule has 4 N–H and O–H groups in total. The lowest BCUT2D eigenvalue weighted by atomic mass is 9.96. The van der Waals surface area contributed by atoms with Gasteiger partial charge in [-0.3, -0.25) is 24.0 Å². The highest BCUT2D eigenvalue weighted by Gasteiger charge is 2.51. The average molecular weight is 591 g/mol. The summed E-state index contributed by atoms with van der Waals surface area (Å²) in [6.07, 6.45) is -4.83. The number of hydrogen-bond acceptors (Lipinski definition) is 13. The average Bonchev–Trinajstić information content (AvgIpc) is 3.18. The summed E-state index contributed by atoms with van der Waals surface area (Å²) in [5.74, 6) is -3.17. The van der Waals surface area contributed by atoms with Crippen molar-refractivity contribution >= 4 is 29.7 Å². The van der Waals surface area contributed by atoms with E-state index in [2.05, 4.69) is 10.6 Å². The van der Waals surface area contributed by atoms with E-state index < -0.39 is 72.7 Å². The minimum absolute atomic E-state index is 0.0781.